The molecule has 0 aliphatic carbocycles. The highest BCUT2D eigenvalue weighted by molar-refractivity contribution is 5.98. The van der Waals surface area contributed by atoms with Crippen LogP contribution in [0.25, 0.3) is 43.8 Å². The van der Waals surface area contributed by atoms with Crippen LogP contribution in [0.3, 0.4) is 0 Å². The molecule has 1 heterocycles. The second-order valence-corrected chi connectivity index (χ2v) is 11.8. The van der Waals surface area contributed by atoms with Gasteiger partial charge in [-0.3, -0.25) is 0 Å². The van der Waals surface area contributed by atoms with Gasteiger partial charge < -0.3 is 14.4 Å². The van der Waals surface area contributed by atoms with Crippen LogP contribution in [0.2, 0.25) is 0 Å². The Morgan fingerprint density at radius 1 is 0.340 bits per heavy atom. The third kappa shape index (κ3) is 4.86. The molecule has 8 aromatic rings. The zero-order chi connectivity index (χ0) is 31.2. The highest BCUT2D eigenvalue weighted by Gasteiger charge is 2.22. The molecule has 9 rings (SSSR count). The Hall–Kier alpha value is -6.32. The molecule has 0 atom stereocenters. The van der Waals surface area contributed by atoms with Crippen molar-refractivity contribution in [3.05, 3.63) is 176 Å². The highest BCUT2D eigenvalue weighted by atomic mass is 16.5. The maximum Gasteiger partial charge on any atom is 0.172 e. The Kier molecular flexibility index (Phi) is 6.46. The van der Waals surface area contributed by atoms with E-state index in [1.165, 1.54) is 27.5 Å². The molecule has 3 heteroatoms. The van der Waals surface area contributed by atoms with Crippen LogP contribution in [0.5, 0.6) is 23.0 Å². The van der Waals surface area contributed by atoms with Gasteiger partial charge in [-0.15, -0.1) is 0 Å². The molecule has 0 radical (unpaired) electrons. The van der Waals surface area contributed by atoms with Crippen molar-refractivity contribution in [1.82, 2.24) is 0 Å². The SMILES string of the molecule is c1ccc(-c2ccc(N(c3cccc(-c4cccc5ccccc45)c3)c3ccc4c(c3)Oc3cccc5cccc(c35)O4)cc2)cc1. The van der Waals surface area contributed by atoms with E-state index in [9.17, 15) is 0 Å². The van der Waals surface area contributed by atoms with Gasteiger partial charge in [0.1, 0.15) is 11.5 Å². The molecule has 0 fully saturated rings. The predicted molar refractivity (Wildman–Crippen MR) is 194 cm³/mol. The summed E-state index contributed by atoms with van der Waals surface area (Å²) in [5.74, 6) is 2.93. The third-order valence-corrected chi connectivity index (χ3v) is 8.89. The standard InChI is InChI=1S/C44H29NO2/c1-2-10-30(11-3-1)31-22-24-35(25-23-31)45(36-17-6-16-34(28-36)39-19-7-13-32-12-4-5-18-38(32)39)37-26-27-40-43(29-37)47-42-21-9-15-33-14-8-20-41(46-40)44(33)42/h1-29H. The van der Waals surface area contributed by atoms with Crippen molar-refractivity contribution < 1.29 is 9.47 Å². The first-order chi connectivity index (χ1) is 23.3. The van der Waals surface area contributed by atoms with E-state index in [2.05, 4.69) is 144 Å². The fourth-order valence-corrected chi connectivity index (χ4v) is 6.65. The molecule has 222 valence electrons. The maximum atomic E-state index is 6.60. The molecule has 3 nitrogen and oxygen atoms in total. The number of hydrogen-bond donors (Lipinski definition) is 0. The van der Waals surface area contributed by atoms with Crippen LogP contribution in [0.15, 0.2) is 176 Å². The van der Waals surface area contributed by atoms with E-state index >= 15 is 0 Å². The van der Waals surface area contributed by atoms with Gasteiger partial charge in [-0.25, -0.2) is 0 Å². The van der Waals surface area contributed by atoms with Crippen molar-refractivity contribution in [2.45, 2.75) is 0 Å². The van der Waals surface area contributed by atoms with Gasteiger partial charge in [-0.2, -0.15) is 0 Å². The van der Waals surface area contributed by atoms with E-state index in [1.807, 2.05) is 36.4 Å². The molecule has 0 saturated carbocycles. The van der Waals surface area contributed by atoms with Crippen LogP contribution in [-0.4, -0.2) is 0 Å². The second-order valence-electron chi connectivity index (χ2n) is 11.8. The molecule has 47 heavy (non-hydrogen) atoms. The molecule has 0 N–H and O–H groups in total. The number of rotatable bonds is 5. The van der Waals surface area contributed by atoms with Gasteiger partial charge in [0.25, 0.3) is 0 Å². The molecule has 0 aromatic heterocycles. The lowest BCUT2D eigenvalue weighted by Crippen LogP contribution is -2.10. The van der Waals surface area contributed by atoms with Crippen molar-refractivity contribution in [3.8, 4) is 45.3 Å². The number of ether oxygens (including phenoxy) is 2. The molecular formula is C44H29NO2. The van der Waals surface area contributed by atoms with E-state index in [4.69, 9.17) is 9.47 Å². The van der Waals surface area contributed by atoms with Gasteiger partial charge in [0, 0.05) is 17.4 Å². The van der Waals surface area contributed by atoms with E-state index in [0.29, 0.717) is 11.5 Å². The number of fused-ring (bicyclic) bond motifs is 2. The minimum Gasteiger partial charge on any atom is -0.453 e. The summed E-state index contributed by atoms with van der Waals surface area (Å²) in [4.78, 5) is 2.28. The zero-order valence-corrected chi connectivity index (χ0v) is 25.5. The van der Waals surface area contributed by atoms with Crippen LogP contribution in [0.1, 0.15) is 0 Å². The molecular weight excluding hydrogens is 574 g/mol. The first kappa shape index (κ1) is 27.0. The van der Waals surface area contributed by atoms with Crippen LogP contribution < -0.4 is 14.4 Å². The summed E-state index contributed by atoms with van der Waals surface area (Å²) in [6, 6.07) is 61.4. The average Bonchev–Trinajstić information content (AvgIpc) is 3.30. The molecule has 0 spiro atoms. The van der Waals surface area contributed by atoms with Gasteiger partial charge in [0.15, 0.2) is 11.5 Å². The van der Waals surface area contributed by atoms with Gasteiger partial charge in [-0.1, -0.05) is 121 Å². The van der Waals surface area contributed by atoms with Crippen LogP contribution in [0.4, 0.5) is 17.1 Å². The summed E-state index contributed by atoms with van der Waals surface area (Å²) in [6.45, 7) is 0. The number of nitrogens with zero attached hydrogens (tertiary/aromatic N) is 1. The minimum absolute atomic E-state index is 0.669. The van der Waals surface area contributed by atoms with E-state index < -0.39 is 0 Å². The van der Waals surface area contributed by atoms with Crippen molar-refractivity contribution in [1.29, 1.82) is 0 Å². The Labute approximate surface area is 273 Å². The third-order valence-electron chi connectivity index (χ3n) is 8.89. The zero-order valence-electron chi connectivity index (χ0n) is 25.5. The van der Waals surface area contributed by atoms with E-state index in [0.717, 1.165) is 44.9 Å². The second kappa shape index (κ2) is 11.2. The Balaban J connectivity index is 1.19. The molecule has 0 unspecified atom stereocenters. The summed E-state index contributed by atoms with van der Waals surface area (Å²) < 4.78 is 13.1. The first-order valence-electron chi connectivity index (χ1n) is 15.8. The Morgan fingerprint density at radius 3 is 1.77 bits per heavy atom. The van der Waals surface area contributed by atoms with E-state index in [-0.39, 0.29) is 0 Å². The number of anilines is 3. The quantitative estimate of drug-likeness (QED) is 0.195. The average molecular weight is 604 g/mol. The number of hydrogen-bond acceptors (Lipinski definition) is 3. The Morgan fingerprint density at radius 2 is 0.936 bits per heavy atom. The molecule has 8 aromatic carbocycles. The molecule has 1 aliphatic heterocycles. The molecule has 0 amide bonds. The van der Waals surface area contributed by atoms with Crippen molar-refractivity contribution in [2.24, 2.45) is 0 Å². The normalized spacial score (nSPS) is 11.7. The van der Waals surface area contributed by atoms with Crippen LogP contribution in [0, 0.1) is 0 Å². The van der Waals surface area contributed by atoms with Gasteiger partial charge in [-0.05, 0) is 86.9 Å². The topological polar surface area (TPSA) is 21.7 Å². The van der Waals surface area contributed by atoms with Gasteiger partial charge >= 0.3 is 0 Å². The summed E-state index contributed by atoms with van der Waals surface area (Å²) in [6.07, 6.45) is 0. The van der Waals surface area contributed by atoms with Crippen molar-refractivity contribution >= 4 is 38.6 Å². The van der Waals surface area contributed by atoms with Crippen LogP contribution >= 0.6 is 0 Å². The van der Waals surface area contributed by atoms with Crippen molar-refractivity contribution in [3.63, 3.8) is 0 Å². The lowest BCUT2D eigenvalue weighted by Gasteiger charge is -2.27. The van der Waals surface area contributed by atoms with Gasteiger partial charge in [0.2, 0.25) is 0 Å². The lowest BCUT2D eigenvalue weighted by molar-refractivity contribution is 0.439. The number of benzene rings is 8. The predicted octanol–water partition coefficient (Wildman–Crippen LogP) is 12.7. The highest BCUT2D eigenvalue weighted by Crippen LogP contribution is 2.48. The monoisotopic (exact) mass is 603 g/mol. The summed E-state index contributed by atoms with van der Waals surface area (Å²) in [7, 11) is 0. The lowest BCUT2D eigenvalue weighted by atomic mass is 9.97. The fourth-order valence-electron chi connectivity index (χ4n) is 6.65. The largest absolute Gasteiger partial charge is 0.453 e. The smallest absolute Gasteiger partial charge is 0.172 e. The molecule has 0 saturated heterocycles. The van der Waals surface area contributed by atoms with Crippen molar-refractivity contribution in [2.75, 3.05) is 4.90 Å². The maximum absolute atomic E-state index is 6.60. The first-order valence-corrected chi connectivity index (χ1v) is 15.8. The minimum atomic E-state index is 0.669. The molecule has 1 aliphatic rings. The fraction of sp³-hybridized carbons (Fsp3) is 0. The van der Waals surface area contributed by atoms with E-state index in [1.54, 1.807) is 0 Å². The summed E-state index contributed by atoms with van der Waals surface area (Å²) >= 11 is 0. The van der Waals surface area contributed by atoms with Gasteiger partial charge in [0.05, 0.1) is 11.1 Å². The molecule has 0 bridgehead atoms. The van der Waals surface area contributed by atoms with Crippen LogP contribution in [-0.2, 0) is 0 Å². The Bertz CT molecular complexity index is 2400. The summed E-state index contributed by atoms with van der Waals surface area (Å²) in [5.41, 5.74) is 7.77. The summed E-state index contributed by atoms with van der Waals surface area (Å²) in [5, 5.41) is 4.51.